The van der Waals surface area contributed by atoms with Gasteiger partial charge in [-0.25, -0.2) is 28.8 Å². The van der Waals surface area contributed by atoms with E-state index in [1.807, 2.05) is 12.1 Å². The minimum Gasteiger partial charge on any atom is -0.461 e. The minimum atomic E-state index is -0.553. The number of hydrogen-bond donors (Lipinski definition) is 6. The summed E-state index contributed by atoms with van der Waals surface area (Å²) in [5.41, 5.74) is 3.01. The van der Waals surface area contributed by atoms with Gasteiger partial charge in [-0.2, -0.15) is 0 Å². The topological polar surface area (TPSA) is 332 Å². The van der Waals surface area contributed by atoms with Gasteiger partial charge in [-0.1, -0.05) is 76.6 Å². The van der Waals surface area contributed by atoms with Gasteiger partial charge in [0.1, 0.15) is 39.6 Å². The molecule has 0 unspecified atom stereocenters. The van der Waals surface area contributed by atoms with E-state index >= 15 is 0 Å². The highest BCUT2D eigenvalue weighted by molar-refractivity contribution is 5.97. The van der Waals surface area contributed by atoms with Crippen LogP contribution in [-0.4, -0.2) is 150 Å². The van der Waals surface area contributed by atoms with Gasteiger partial charge in [-0.05, 0) is 74.9 Å². The van der Waals surface area contributed by atoms with Gasteiger partial charge < -0.3 is 60.3 Å². The zero-order valence-corrected chi connectivity index (χ0v) is 48.1. The van der Waals surface area contributed by atoms with Crippen molar-refractivity contribution in [3.63, 3.8) is 0 Å². The van der Waals surface area contributed by atoms with E-state index in [-0.39, 0.29) is 114 Å². The Morgan fingerprint density at radius 2 is 0.619 bits per heavy atom. The summed E-state index contributed by atoms with van der Waals surface area (Å²) in [5, 5.41) is 15.9. The lowest BCUT2D eigenvalue weighted by Crippen LogP contribution is -2.28. The Balaban J connectivity index is 0.00000125. The van der Waals surface area contributed by atoms with Gasteiger partial charge in [-0.3, -0.25) is 28.8 Å². The lowest BCUT2D eigenvalue weighted by Gasteiger charge is -2.09. The highest BCUT2D eigenvalue weighted by atomic mass is 16.6. The molecule has 2 rings (SSSR count). The van der Waals surface area contributed by atoms with E-state index in [4.69, 9.17) is 28.4 Å². The fourth-order valence-electron chi connectivity index (χ4n) is 6.20. The van der Waals surface area contributed by atoms with Crippen LogP contribution in [-0.2, 0) is 76.4 Å². The first-order valence-electron chi connectivity index (χ1n) is 26.8. The Bertz CT molecular complexity index is 2400. The van der Waals surface area contributed by atoms with E-state index in [1.54, 1.807) is 50.2 Å². The Hall–Kier alpha value is -9.48. The van der Waals surface area contributed by atoms with Crippen LogP contribution < -0.4 is 31.9 Å². The molecule has 0 aliphatic carbocycles. The molecule has 458 valence electrons. The van der Waals surface area contributed by atoms with Gasteiger partial charge in [0, 0.05) is 72.3 Å². The summed E-state index contributed by atoms with van der Waals surface area (Å²) < 4.78 is 28.8. The smallest absolute Gasteiger partial charge is 0.333 e. The number of rotatable bonds is 39. The number of ether oxygens (including phenoxy) is 6. The predicted molar refractivity (Wildman–Crippen MR) is 311 cm³/mol. The number of esters is 6. The lowest BCUT2D eigenvalue weighted by atomic mass is 10.0. The molecule has 24 nitrogen and oxygen atoms in total. The summed E-state index contributed by atoms with van der Waals surface area (Å²) in [7, 11) is 0. The Labute approximate surface area is 490 Å². The molecule has 2 aromatic rings. The van der Waals surface area contributed by atoms with E-state index in [0.717, 1.165) is 61.1 Å². The number of unbranched alkanes of at least 4 members (excludes halogenated alkanes) is 4. The standard InChI is InChI=1S/C24H24N2O6.C20H32N2O6.C16H24N2O6/c1-3-21(27)31-13-11-25-23(29)19-9-5-7-17(15-19)18-8-6-10-20(16-18)24(30)26-12-14-32-22(28)4-2;1-15(2)19(25)27-13-11-21-17(23)9-7-5-6-8-10-18(24)22-12-14-28-20(26)16(3)4;1-3-15(21)23-11-9-17-13(19)7-5-6-8-14(20)18-10-12-24-16(22)4-2/h3-10,15-16H,1-2,11-14H2,(H,25,29)(H,26,30);1,3,5-14H2,2,4H3,(H,21,23)(H,22,24);3-4H,1-2,5-12H2,(H,17,19)(H,18,20). The monoisotopic (exact) mass is 1170 g/mol. The second-order valence-corrected chi connectivity index (χ2v) is 17.5. The molecule has 0 aromatic heterocycles. The summed E-state index contributed by atoms with van der Waals surface area (Å²) >= 11 is 0. The van der Waals surface area contributed by atoms with Crippen LogP contribution in [0, 0.1) is 0 Å². The fraction of sp³-hybridized carbons (Fsp3) is 0.400. The maximum Gasteiger partial charge on any atom is 0.333 e. The molecular weight excluding hydrogens is 1090 g/mol. The van der Waals surface area contributed by atoms with Gasteiger partial charge in [0.15, 0.2) is 0 Å². The summed E-state index contributed by atoms with van der Waals surface area (Å²) in [6, 6.07) is 13.9. The molecule has 0 aliphatic rings. The van der Waals surface area contributed by atoms with Crippen LogP contribution in [0.1, 0.15) is 98.8 Å². The number of hydrogen-bond acceptors (Lipinski definition) is 18. The average molecular weight is 1170 g/mol. The van der Waals surface area contributed by atoms with Gasteiger partial charge in [-0.15, -0.1) is 0 Å². The highest BCUT2D eigenvalue weighted by Gasteiger charge is 2.12. The molecule has 0 spiro atoms. The van der Waals surface area contributed by atoms with Crippen molar-refractivity contribution >= 4 is 71.3 Å². The third-order valence-electron chi connectivity index (χ3n) is 10.5. The van der Waals surface area contributed by atoms with Crippen LogP contribution in [0.2, 0.25) is 0 Å². The van der Waals surface area contributed by atoms with Gasteiger partial charge in [0.25, 0.3) is 11.8 Å². The van der Waals surface area contributed by atoms with Crippen molar-refractivity contribution in [1.82, 2.24) is 31.9 Å². The van der Waals surface area contributed by atoms with Gasteiger partial charge >= 0.3 is 35.8 Å². The van der Waals surface area contributed by atoms with Crippen molar-refractivity contribution in [2.24, 2.45) is 0 Å². The predicted octanol–water partition coefficient (Wildman–Crippen LogP) is 4.31. The Morgan fingerprint density at radius 3 is 0.881 bits per heavy atom. The average Bonchev–Trinajstić information content (AvgIpc) is 3.67. The molecule has 0 bridgehead atoms. The molecular formula is C60H80N6O18. The van der Waals surface area contributed by atoms with E-state index in [1.165, 1.54) is 0 Å². The summed E-state index contributed by atoms with van der Waals surface area (Å²) in [4.78, 5) is 137. The Morgan fingerprint density at radius 1 is 0.369 bits per heavy atom. The maximum absolute atomic E-state index is 12.4. The zero-order valence-electron chi connectivity index (χ0n) is 48.1. The summed E-state index contributed by atoms with van der Waals surface area (Å²) in [5.74, 6) is -4.24. The zero-order chi connectivity index (χ0) is 62.9. The third kappa shape index (κ3) is 39.8. The number of carbonyl (C=O) groups is 12. The SMILES string of the molecule is C=C(C)C(=O)OCCNC(=O)CCCCCCC(=O)NCCOC(=O)C(=C)C.C=CC(=O)OCCNC(=O)CCCCC(=O)NCCOC(=O)C=C.C=CC(=O)OCCNC(=O)c1cccc(-c2cccc(C(=O)NCCOC(=O)C=C)c2)c1. The second-order valence-electron chi connectivity index (χ2n) is 17.5. The Kier molecular flexibility index (Phi) is 41.9. The van der Waals surface area contributed by atoms with Crippen LogP contribution in [0.25, 0.3) is 11.1 Å². The van der Waals surface area contributed by atoms with Crippen LogP contribution in [0.15, 0.2) is 123 Å². The first-order chi connectivity index (χ1) is 40.2. The van der Waals surface area contributed by atoms with E-state index in [0.29, 0.717) is 60.8 Å². The van der Waals surface area contributed by atoms with Crippen molar-refractivity contribution in [2.75, 3.05) is 78.9 Å². The minimum absolute atomic E-state index is 0.0419. The molecule has 0 fully saturated rings. The fourth-order valence-corrected chi connectivity index (χ4v) is 6.20. The van der Waals surface area contributed by atoms with Crippen molar-refractivity contribution < 1.29 is 86.0 Å². The normalized spacial score (nSPS) is 9.79. The summed E-state index contributed by atoms with van der Waals surface area (Å²) in [6.07, 6.45) is 9.88. The number of benzene rings is 2. The molecule has 0 atom stereocenters. The number of nitrogens with one attached hydrogen (secondary N) is 6. The summed E-state index contributed by atoms with van der Waals surface area (Å²) in [6.45, 7) is 25.0. The first kappa shape index (κ1) is 74.5. The van der Waals surface area contributed by atoms with Crippen molar-refractivity contribution in [1.29, 1.82) is 0 Å². The quantitative estimate of drug-likeness (QED) is 0.0235. The molecule has 0 heterocycles. The molecule has 2 aromatic carbocycles. The van der Waals surface area contributed by atoms with E-state index in [9.17, 15) is 57.5 Å². The molecule has 84 heavy (non-hydrogen) atoms. The molecule has 6 amide bonds. The van der Waals surface area contributed by atoms with Gasteiger partial charge in [0.05, 0.1) is 39.3 Å². The molecule has 0 saturated heterocycles. The van der Waals surface area contributed by atoms with Crippen molar-refractivity contribution in [3.8, 4) is 11.1 Å². The first-order valence-corrected chi connectivity index (χ1v) is 26.8. The van der Waals surface area contributed by atoms with E-state index < -0.39 is 35.8 Å². The van der Waals surface area contributed by atoms with Gasteiger partial charge in [0.2, 0.25) is 23.6 Å². The molecule has 0 saturated carbocycles. The van der Waals surface area contributed by atoms with Crippen LogP contribution >= 0.6 is 0 Å². The van der Waals surface area contributed by atoms with Crippen molar-refractivity contribution in [2.45, 2.75) is 78.1 Å². The molecule has 0 radical (unpaired) electrons. The third-order valence-corrected chi connectivity index (χ3v) is 10.5. The van der Waals surface area contributed by atoms with Crippen LogP contribution in [0.3, 0.4) is 0 Å². The largest absolute Gasteiger partial charge is 0.461 e. The molecule has 0 aliphatic heterocycles. The van der Waals surface area contributed by atoms with Crippen molar-refractivity contribution in [3.05, 3.63) is 135 Å². The number of amides is 6. The lowest BCUT2D eigenvalue weighted by molar-refractivity contribution is -0.139. The van der Waals surface area contributed by atoms with E-state index in [2.05, 4.69) is 71.4 Å². The number of carbonyl (C=O) groups excluding carboxylic acids is 12. The van der Waals surface area contributed by atoms with Crippen LogP contribution in [0.5, 0.6) is 0 Å². The second kappa shape index (κ2) is 47.2. The molecule has 24 heteroatoms. The highest BCUT2D eigenvalue weighted by Crippen LogP contribution is 2.22. The van der Waals surface area contributed by atoms with Crippen LogP contribution in [0.4, 0.5) is 0 Å². The molecule has 6 N–H and O–H groups in total. The maximum atomic E-state index is 12.4.